The molecule has 0 aliphatic carbocycles. The van der Waals surface area contributed by atoms with Gasteiger partial charge in [0.05, 0.1) is 35.5 Å². The molecule has 40 heavy (non-hydrogen) atoms. The number of carbonyl (C=O) groups excluding carboxylic acids is 1. The van der Waals surface area contributed by atoms with Crippen molar-refractivity contribution >= 4 is 6.03 Å². The smallest absolute Gasteiger partial charge is 0.425 e. The number of fused-ring (bicyclic) bond motifs is 3. The summed E-state index contributed by atoms with van der Waals surface area (Å²) in [4.78, 5) is 18.4. The van der Waals surface area contributed by atoms with E-state index in [1.807, 2.05) is 31.3 Å². The van der Waals surface area contributed by atoms with Crippen molar-refractivity contribution in [3.63, 3.8) is 0 Å². The van der Waals surface area contributed by atoms with Crippen molar-refractivity contribution in [2.75, 3.05) is 55.1 Å². The molecular formula is C31H42N3O6+. The monoisotopic (exact) mass is 552 g/mol. The third-order valence-electron chi connectivity index (χ3n) is 9.14. The van der Waals surface area contributed by atoms with E-state index in [1.165, 1.54) is 0 Å². The molecular weight excluding hydrogens is 510 g/mol. The number of benzene rings is 2. The van der Waals surface area contributed by atoms with Crippen LogP contribution in [0.1, 0.15) is 55.5 Å². The van der Waals surface area contributed by atoms with Gasteiger partial charge in [0.2, 0.25) is 0 Å². The lowest BCUT2D eigenvalue weighted by atomic mass is 9.81. The van der Waals surface area contributed by atoms with Gasteiger partial charge in [-0.3, -0.25) is 9.80 Å². The summed E-state index contributed by atoms with van der Waals surface area (Å²) in [5, 5.41) is 11.4. The van der Waals surface area contributed by atoms with E-state index in [4.69, 9.17) is 18.9 Å². The molecule has 216 valence electrons. The maximum absolute atomic E-state index is 14.2. The first-order chi connectivity index (χ1) is 19.1. The number of quaternary nitrogens is 1. The van der Waals surface area contributed by atoms with Crippen LogP contribution in [0.3, 0.4) is 0 Å². The molecule has 2 aromatic rings. The van der Waals surface area contributed by atoms with E-state index < -0.39 is 11.8 Å². The van der Waals surface area contributed by atoms with Crippen molar-refractivity contribution in [1.29, 1.82) is 0 Å². The average Bonchev–Trinajstić information content (AvgIpc) is 3.05. The summed E-state index contributed by atoms with van der Waals surface area (Å²) in [6, 6.07) is 9.57. The zero-order valence-electron chi connectivity index (χ0n) is 24.7. The molecule has 3 aliphatic rings. The Morgan fingerprint density at radius 2 is 1.57 bits per heavy atom. The first kappa shape index (κ1) is 28.3. The molecule has 3 atom stereocenters. The fourth-order valence-electron chi connectivity index (χ4n) is 7.17. The first-order valence-electron chi connectivity index (χ1n) is 14.0. The van der Waals surface area contributed by atoms with Crippen LogP contribution < -0.4 is 18.9 Å². The van der Waals surface area contributed by atoms with E-state index in [1.54, 1.807) is 34.5 Å². The minimum absolute atomic E-state index is 0.0557. The van der Waals surface area contributed by atoms with Gasteiger partial charge in [-0.15, -0.1) is 0 Å². The van der Waals surface area contributed by atoms with Crippen LogP contribution in [0.25, 0.3) is 0 Å². The highest BCUT2D eigenvalue weighted by molar-refractivity contribution is 5.75. The van der Waals surface area contributed by atoms with E-state index in [0.717, 1.165) is 46.7 Å². The first-order valence-corrected chi connectivity index (χ1v) is 14.0. The number of rotatable bonds is 7. The van der Waals surface area contributed by atoms with Crippen LogP contribution in [-0.4, -0.2) is 86.1 Å². The number of carbonyl (C=O) groups is 1. The van der Waals surface area contributed by atoms with Crippen molar-refractivity contribution in [2.45, 2.75) is 50.9 Å². The summed E-state index contributed by atoms with van der Waals surface area (Å²) in [6.07, 6.45) is 2.95. The SMILES string of the molecule is CCN1C(=O)[N+]2(C)Cc3cc(OC)cc(OC)c3C(C)C=C2C12CCN(C(O)c1cc(OC)cc(OC)c1)CC2. The number of allylic oxidation sites excluding steroid dienone is 1. The molecule has 2 saturated heterocycles. The molecule has 1 N–H and O–H groups in total. The molecule has 1 spiro atoms. The molecule has 2 fully saturated rings. The summed E-state index contributed by atoms with van der Waals surface area (Å²) in [5.74, 6) is 2.84. The number of ether oxygens (including phenoxy) is 4. The number of piperidine rings is 1. The predicted molar refractivity (Wildman–Crippen MR) is 152 cm³/mol. The molecule has 5 rings (SSSR count). The molecule has 3 aliphatic heterocycles. The molecule has 0 aromatic heterocycles. The fraction of sp³-hybridized carbons (Fsp3) is 0.516. The Bertz CT molecular complexity index is 1300. The minimum atomic E-state index is -0.808. The van der Waals surface area contributed by atoms with E-state index >= 15 is 0 Å². The highest BCUT2D eigenvalue weighted by Gasteiger charge is 2.64. The van der Waals surface area contributed by atoms with Crippen LogP contribution in [0, 0.1) is 0 Å². The Labute approximate surface area is 237 Å². The van der Waals surface area contributed by atoms with Gasteiger partial charge in [0.1, 0.15) is 47.0 Å². The Hall–Kier alpha value is -3.27. The van der Waals surface area contributed by atoms with Crippen molar-refractivity contribution < 1.29 is 33.3 Å². The minimum Gasteiger partial charge on any atom is -0.497 e. The average molecular weight is 553 g/mol. The van der Waals surface area contributed by atoms with Crippen LogP contribution in [-0.2, 0) is 6.54 Å². The molecule has 9 nitrogen and oxygen atoms in total. The van der Waals surface area contributed by atoms with Crippen LogP contribution in [0.15, 0.2) is 42.1 Å². The molecule has 2 amide bonds. The maximum atomic E-state index is 14.2. The fourth-order valence-corrected chi connectivity index (χ4v) is 7.17. The van der Waals surface area contributed by atoms with Gasteiger partial charge in [-0.05, 0) is 44.0 Å². The lowest BCUT2D eigenvalue weighted by Crippen LogP contribution is -2.54. The van der Waals surface area contributed by atoms with Crippen molar-refractivity contribution in [3.05, 3.63) is 58.8 Å². The van der Waals surface area contributed by atoms with E-state index in [-0.39, 0.29) is 16.4 Å². The van der Waals surface area contributed by atoms with Gasteiger partial charge in [-0.2, -0.15) is 0 Å². The highest BCUT2D eigenvalue weighted by atomic mass is 16.5. The largest absolute Gasteiger partial charge is 0.497 e. The van der Waals surface area contributed by atoms with Gasteiger partial charge >= 0.3 is 6.03 Å². The summed E-state index contributed by atoms with van der Waals surface area (Å²) in [7, 11) is 8.59. The lowest BCUT2D eigenvalue weighted by molar-refractivity contribution is -0.800. The molecule has 0 saturated carbocycles. The van der Waals surface area contributed by atoms with Crippen molar-refractivity contribution in [3.8, 4) is 23.0 Å². The summed E-state index contributed by atoms with van der Waals surface area (Å²) >= 11 is 0. The zero-order valence-corrected chi connectivity index (χ0v) is 24.7. The Balaban J connectivity index is 1.50. The Kier molecular flexibility index (Phi) is 7.50. The van der Waals surface area contributed by atoms with E-state index in [9.17, 15) is 9.90 Å². The highest BCUT2D eigenvalue weighted by Crippen LogP contribution is 2.52. The van der Waals surface area contributed by atoms with Crippen molar-refractivity contribution in [2.24, 2.45) is 0 Å². The number of amides is 2. The number of nitrogens with zero attached hydrogens (tertiary/aromatic N) is 3. The zero-order chi connectivity index (χ0) is 28.8. The summed E-state index contributed by atoms with van der Waals surface area (Å²) in [5.41, 5.74) is 3.62. The van der Waals surface area contributed by atoms with Crippen LogP contribution in [0.5, 0.6) is 23.0 Å². The van der Waals surface area contributed by atoms with Gasteiger partial charge in [0, 0.05) is 54.4 Å². The Morgan fingerprint density at radius 3 is 2.12 bits per heavy atom. The summed E-state index contributed by atoms with van der Waals surface area (Å²) < 4.78 is 22.4. The van der Waals surface area contributed by atoms with Crippen molar-refractivity contribution in [1.82, 2.24) is 9.80 Å². The molecule has 0 radical (unpaired) electrons. The van der Waals surface area contributed by atoms with Crippen LogP contribution in [0.4, 0.5) is 4.79 Å². The van der Waals surface area contributed by atoms with Gasteiger partial charge in [-0.1, -0.05) is 6.92 Å². The number of likely N-dealkylation sites (N-methyl/N-ethyl adjacent to an activating group) is 2. The second-order valence-electron chi connectivity index (χ2n) is 11.2. The van der Waals surface area contributed by atoms with Gasteiger partial charge in [0.15, 0.2) is 0 Å². The number of aliphatic hydroxyl groups is 1. The second kappa shape index (κ2) is 10.6. The number of methoxy groups -OCH3 is 4. The number of likely N-dealkylation sites (tertiary alicyclic amines) is 1. The normalized spacial score (nSPS) is 24.6. The van der Waals surface area contributed by atoms with Gasteiger partial charge in [-0.25, -0.2) is 9.28 Å². The maximum Gasteiger partial charge on any atom is 0.425 e. The standard InChI is InChI=1S/C31H42N3O6/c1-8-33-30(36)34(3)19-22-16-25(39-6)18-26(40-7)28(22)20(2)13-27(34)31(33)9-11-32(12-10-31)29(35)21-14-23(37-4)17-24(15-21)38-5/h13-18,20,29,35H,8-12,19H2,1-7H3/q+1. The topological polar surface area (TPSA) is 80.7 Å². The number of aliphatic hydroxyl groups excluding tert-OH is 1. The molecule has 3 unspecified atom stereocenters. The number of hydrogen-bond donors (Lipinski definition) is 1. The molecule has 3 heterocycles. The Morgan fingerprint density at radius 1 is 0.975 bits per heavy atom. The van der Waals surface area contributed by atoms with E-state index in [0.29, 0.717) is 37.7 Å². The molecule has 9 heteroatoms. The third kappa shape index (κ3) is 4.31. The summed E-state index contributed by atoms with van der Waals surface area (Å²) in [6.45, 7) is 6.68. The third-order valence-corrected chi connectivity index (χ3v) is 9.14. The van der Waals surface area contributed by atoms with Gasteiger partial charge < -0.3 is 24.1 Å². The number of urea groups is 1. The van der Waals surface area contributed by atoms with Crippen LogP contribution >= 0.6 is 0 Å². The molecule has 2 aromatic carbocycles. The lowest BCUT2D eigenvalue weighted by Gasteiger charge is -2.44. The number of hydrogen-bond acceptors (Lipinski definition) is 7. The predicted octanol–water partition coefficient (Wildman–Crippen LogP) is 4.65. The second-order valence-corrected chi connectivity index (χ2v) is 11.2. The quantitative estimate of drug-likeness (QED) is 0.501. The van der Waals surface area contributed by atoms with Gasteiger partial charge in [0.25, 0.3) is 0 Å². The van der Waals surface area contributed by atoms with E-state index in [2.05, 4.69) is 29.7 Å². The molecule has 0 bridgehead atoms. The van der Waals surface area contributed by atoms with Crippen LogP contribution in [0.2, 0.25) is 0 Å².